The van der Waals surface area contributed by atoms with Crippen LogP contribution in [0.25, 0.3) is 0 Å². The van der Waals surface area contributed by atoms with Crippen LogP contribution >= 0.6 is 0 Å². The normalized spacial score (nSPS) is 14.4. The van der Waals surface area contributed by atoms with Crippen LogP contribution < -0.4 is 5.32 Å². The molecular formula is C19H34N2O. The Morgan fingerprint density at radius 2 is 1.86 bits per heavy atom. The molecular weight excluding hydrogens is 272 g/mol. The van der Waals surface area contributed by atoms with Crippen LogP contribution in [0.2, 0.25) is 0 Å². The fraction of sp³-hybridized carbons (Fsp3) is 0.526. The highest BCUT2D eigenvalue weighted by Crippen LogP contribution is 2.08. The average Bonchev–Trinajstić information content (AvgIpc) is 2.56. The van der Waals surface area contributed by atoms with Crippen LogP contribution in [-0.2, 0) is 4.74 Å². The Balaban J connectivity index is 0. The van der Waals surface area contributed by atoms with E-state index in [2.05, 4.69) is 29.1 Å². The van der Waals surface area contributed by atoms with Crippen LogP contribution in [0.5, 0.6) is 0 Å². The SMILES string of the molecule is C.C=C=C(COC(=C)/C=C\C(C)=C/C)N1CCNCC1.CC. The maximum Gasteiger partial charge on any atom is 0.135 e. The Kier molecular flexibility index (Phi) is 14.6. The molecule has 3 heteroatoms. The first kappa shape index (κ1) is 22.6. The fourth-order valence-electron chi connectivity index (χ4n) is 1.72. The predicted molar refractivity (Wildman–Crippen MR) is 98.8 cm³/mol. The third-order valence-corrected chi connectivity index (χ3v) is 3.08. The smallest absolute Gasteiger partial charge is 0.135 e. The maximum absolute atomic E-state index is 5.63. The van der Waals surface area contributed by atoms with Crippen LogP contribution in [0.15, 0.2) is 54.1 Å². The number of hydrogen-bond acceptors (Lipinski definition) is 3. The lowest BCUT2D eigenvalue weighted by molar-refractivity contribution is 0.200. The summed E-state index contributed by atoms with van der Waals surface area (Å²) < 4.78 is 5.63. The lowest BCUT2D eigenvalue weighted by Gasteiger charge is -2.30. The van der Waals surface area contributed by atoms with Crippen molar-refractivity contribution < 1.29 is 4.74 Å². The molecule has 1 rings (SSSR count). The summed E-state index contributed by atoms with van der Waals surface area (Å²) in [6, 6.07) is 0. The summed E-state index contributed by atoms with van der Waals surface area (Å²) in [5.74, 6) is 0.657. The summed E-state index contributed by atoms with van der Waals surface area (Å²) in [6.07, 6.45) is 5.91. The molecule has 0 aliphatic carbocycles. The molecule has 1 fully saturated rings. The van der Waals surface area contributed by atoms with Gasteiger partial charge in [-0.05, 0) is 19.9 Å². The highest BCUT2D eigenvalue weighted by molar-refractivity contribution is 5.21. The highest BCUT2D eigenvalue weighted by atomic mass is 16.5. The second-order valence-corrected chi connectivity index (χ2v) is 4.48. The van der Waals surface area contributed by atoms with Gasteiger partial charge in [-0.1, -0.05) is 52.2 Å². The molecule has 0 aromatic heterocycles. The van der Waals surface area contributed by atoms with Gasteiger partial charge in [-0.25, -0.2) is 0 Å². The Morgan fingerprint density at radius 3 is 2.36 bits per heavy atom. The molecule has 126 valence electrons. The molecule has 0 aromatic rings. The predicted octanol–water partition coefficient (Wildman–Crippen LogP) is 4.28. The van der Waals surface area contributed by atoms with Crippen molar-refractivity contribution in [2.75, 3.05) is 32.8 Å². The van der Waals surface area contributed by atoms with E-state index in [1.165, 1.54) is 5.57 Å². The monoisotopic (exact) mass is 306 g/mol. The summed E-state index contributed by atoms with van der Waals surface area (Å²) in [5, 5.41) is 3.32. The number of hydrogen-bond donors (Lipinski definition) is 1. The minimum atomic E-state index is 0. The summed E-state index contributed by atoms with van der Waals surface area (Å²) in [6.45, 7) is 20.1. The maximum atomic E-state index is 5.63. The van der Waals surface area contributed by atoms with Crippen molar-refractivity contribution in [3.05, 3.63) is 54.1 Å². The molecule has 22 heavy (non-hydrogen) atoms. The summed E-state index contributed by atoms with van der Waals surface area (Å²) in [5.41, 5.74) is 5.15. The standard InChI is InChI=1S/C16H24N2O.C2H6.CH4/c1-5-14(3)7-8-15(4)19-13-16(6-2)18-11-9-17-10-12-18;1-2;/h5,7-8,17H,2,4,9-13H2,1,3H3;1-2H3;1H4/b8-7-,14-5-;;. The lowest BCUT2D eigenvalue weighted by atomic mass is 10.2. The molecule has 0 amide bonds. The van der Waals surface area contributed by atoms with Gasteiger partial charge >= 0.3 is 0 Å². The molecule has 1 N–H and O–H groups in total. The van der Waals surface area contributed by atoms with Gasteiger partial charge in [-0.3, -0.25) is 0 Å². The molecule has 3 nitrogen and oxygen atoms in total. The van der Waals surface area contributed by atoms with Gasteiger partial charge in [0.15, 0.2) is 0 Å². The van der Waals surface area contributed by atoms with E-state index < -0.39 is 0 Å². The quantitative estimate of drug-likeness (QED) is 0.450. The zero-order chi connectivity index (χ0) is 16.1. The van der Waals surface area contributed by atoms with Gasteiger partial charge in [0.2, 0.25) is 0 Å². The van der Waals surface area contributed by atoms with Crippen molar-refractivity contribution in [2.24, 2.45) is 0 Å². The van der Waals surface area contributed by atoms with Crippen LogP contribution in [0.1, 0.15) is 35.1 Å². The Labute approximate surface area is 137 Å². The topological polar surface area (TPSA) is 24.5 Å². The second-order valence-electron chi connectivity index (χ2n) is 4.48. The zero-order valence-electron chi connectivity index (χ0n) is 14.0. The third-order valence-electron chi connectivity index (χ3n) is 3.08. The third kappa shape index (κ3) is 9.28. The molecule has 1 heterocycles. The average molecular weight is 306 g/mol. The Bertz CT molecular complexity index is 409. The molecule has 0 spiro atoms. The molecule has 0 bridgehead atoms. The summed E-state index contributed by atoms with van der Waals surface area (Å²) in [7, 11) is 0. The van der Waals surface area contributed by atoms with Crippen molar-refractivity contribution in [1.82, 2.24) is 10.2 Å². The van der Waals surface area contributed by atoms with Gasteiger partial charge in [-0.15, -0.1) is 5.73 Å². The van der Waals surface area contributed by atoms with Gasteiger partial charge in [0, 0.05) is 26.2 Å². The van der Waals surface area contributed by atoms with E-state index in [0.717, 1.165) is 31.9 Å². The summed E-state index contributed by atoms with van der Waals surface area (Å²) >= 11 is 0. The Morgan fingerprint density at radius 1 is 1.27 bits per heavy atom. The van der Waals surface area contributed by atoms with E-state index >= 15 is 0 Å². The molecule has 0 radical (unpaired) electrons. The number of nitrogens with zero attached hydrogens (tertiary/aromatic N) is 1. The molecule has 0 unspecified atom stereocenters. The number of piperazine rings is 1. The molecule has 0 saturated carbocycles. The van der Waals surface area contributed by atoms with Crippen LogP contribution in [0.4, 0.5) is 0 Å². The van der Waals surface area contributed by atoms with Crippen molar-refractivity contribution in [3.63, 3.8) is 0 Å². The van der Waals surface area contributed by atoms with Gasteiger partial charge in [0.25, 0.3) is 0 Å². The van der Waals surface area contributed by atoms with Gasteiger partial charge in [0.1, 0.15) is 12.4 Å². The minimum absolute atomic E-state index is 0. The van der Waals surface area contributed by atoms with Crippen molar-refractivity contribution >= 4 is 0 Å². The van der Waals surface area contributed by atoms with Crippen LogP contribution in [0, 0.1) is 0 Å². The summed E-state index contributed by atoms with van der Waals surface area (Å²) in [4.78, 5) is 2.25. The minimum Gasteiger partial charge on any atom is -0.487 e. The molecule has 1 aliphatic rings. The Hall–Kier alpha value is -1.70. The van der Waals surface area contributed by atoms with Gasteiger partial charge < -0.3 is 15.0 Å². The van der Waals surface area contributed by atoms with Gasteiger partial charge in [0.05, 0.1) is 5.70 Å². The van der Waals surface area contributed by atoms with Gasteiger partial charge in [-0.2, -0.15) is 0 Å². The first-order valence-electron chi connectivity index (χ1n) is 7.64. The van der Waals surface area contributed by atoms with E-state index in [1.54, 1.807) is 0 Å². The van der Waals surface area contributed by atoms with E-state index in [9.17, 15) is 0 Å². The van der Waals surface area contributed by atoms with E-state index in [-0.39, 0.29) is 7.43 Å². The number of nitrogens with one attached hydrogen (secondary N) is 1. The van der Waals surface area contributed by atoms with Crippen LogP contribution in [-0.4, -0.2) is 37.7 Å². The fourth-order valence-corrected chi connectivity index (χ4v) is 1.72. The number of rotatable bonds is 6. The largest absolute Gasteiger partial charge is 0.487 e. The van der Waals surface area contributed by atoms with Crippen LogP contribution in [0.3, 0.4) is 0 Å². The first-order valence-corrected chi connectivity index (χ1v) is 7.64. The van der Waals surface area contributed by atoms with E-state index in [0.29, 0.717) is 12.4 Å². The molecule has 1 saturated heterocycles. The second kappa shape index (κ2) is 14.2. The zero-order valence-corrected chi connectivity index (χ0v) is 14.0. The van der Waals surface area contributed by atoms with Crippen molar-refractivity contribution in [2.45, 2.75) is 35.1 Å². The lowest BCUT2D eigenvalue weighted by Crippen LogP contribution is -2.43. The van der Waals surface area contributed by atoms with Crippen molar-refractivity contribution in [3.8, 4) is 0 Å². The van der Waals surface area contributed by atoms with Crippen molar-refractivity contribution in [1.29, 1.82) is 0 Å². The molecule has 0 aromatic carbocycles. The number of ether oxygens (including phenoxy) is 1. The first-order chi connectivity index (χ1) is 10.2. The highest BCUT2D eigenvalue weighted by Gasteiger charge is 2.12. The number of allylic oxidation sites excluding steroid dienone is 4. The molecule has 1 aliphatic heterocycles. The van der Waals surface area contributed by atoms with E-state index in [1.807, 2.05) is 45.9 Å². The van der Waals surface area contributed by atoms with E-state index in [4.69, 9.17) is 4.74 Å². The molecule has 0 atom stereocenters.